The number of rotatable bonds is 54. The van der Waals surface area contributed by atoms with E-state index in [1.54, 1.807) is 0 Å². The second-order valence-corrected chi connectivity index (χ2v) is 36.9. The molecule has 3 atom stereocenters. The number of benzene rings is 3. The van der Waals surface area contributed by atoms with E-state index in [4.69, 9.17) is 27.1 Å². The number of hydrogen-bond donors (Lipinski definition) is 3. The molecule has 9 nitrogen and oxygen atoms in total. The molecule has 3 N–H and O–H groups in total. The molecule has 11 heteroatoms. The van der Waals surface area contributed by atoms with Crippen LogP contribution in [0.3, 0.4) is 0 Å². The highest BCUT2D eigenvalue weighted by Crippen LogP contribution is 2.85. The minimum absolute atomic E-state index is 0.133. The van der Waals surface area contributed by atoms with Crippen molar-refractivity contribution < 1.29 is 42.5 Å². The monoisotopic (exact) mass is 1430 g/mol. The van der Waals surface area contributed by atoms with Crippen molar-refractivity contribution >= 4 is 17.2 Å². The Morgan fingerprint density at radius 2 is 0.690 bits per heavy atom. The van der Waals surface area contributed by atoms with Gasteiger partial charge in [0.05, 0.1) is 12.0 Å². The van der Waals surface area contributed by atoms with Gasteiger partial charge in [-0.3, -0.25) is 18.1 Å². The minimum Gasteiger partial charge on any atom is -0.508 e. The van der Waals surface area contributed by atoms with Crippen LogP contribution >= 0.6 is 17.2 Å². The lowest BCUT2D eigenvalue weighted by atomic mass is 9.38. The highest BCUT2D eigenvalue weighted by atomic mass is 31.2. The van der Waals surface area contributed by atoms with Gasteiger partial charge in [-0.15, -0.1) is 0 Å². The van der Waals surface area contributed by atoms with E-state index < -0.39 is 55.7 Å². The molecule has 0 aromatic heterocycles. The van der Waals surface area contributed by atoms with E-state index in [0.717, 1.165) is 142 Å². The third-order valence-corrected chi connectivity index (χ3v) is 26.5. The van der Waals surface area contributed by atoms with Gasteiger partial charge < -0.3 is 24.4 Å². The molecule has 0 saturated carbocycles. The highest BCUT2D eigenvalue weighted by molar-refractivity contribution is 7.45. The lowest BCUT2D eigenvalue weighted by molar-refractivity contribution is -0.461. The minimum atomic E-state index is -1.94. The number of aromatic hydroxyl groups is 3. The number of fused-ring (bicyclic) bond motifs is 2. The summed E-state index contributed by atoms with van der Waals surface area (Å²) in [6, 6.07) is 8.74. The first-order valence-corrected chi connectivity index (χ1v) is 44.4. The number of hydrogen-bond acceptors (Lipinski definition) is 9. The Labute approximate surface area is 616 Å². The zero-order valence-electron chi connectivity index (χ0n) is 67.1. The van der Waals surface area contributed by atoms with Gasteiger partial charge in [-0.05, 0) is 114 Å². The third-order valence-electron chi connectivity index (χ3n) is 24.4. The van der Waals surface area contributed by atoms with Crippen molar-refractivity contribution in [3.63, 3.8) is 0 Å². The first-order valence-electron chi connectivity index (χ1n) is 42.2. The smallest absolute Gasteiger partial charge is 0.463 e. The third kappa shape index (κ3) is 20.5. The Balaban J connectivity index is 1.62. The molecule has 0 aliphatic carbocycles. The van der Waals surface area contributed by atoms with Crippen molar-refractivity contribution in [3.05, 3.63) is 74.3 Å². The van der Waals surface area contributed by atoms with Gasteiger partial charge in [-0.1, -0.05) is 378 Å². The van der Waals surface area contributed by atoms with Crippen molar-refractivity contribution in [3.8, 4) is 28.7 Å². The van der Waals surface area contributed by atoms with E-state index in [2.05, 4.69) is 116 Å². The van der Waals surface area contributed by atoms with Crippen molar-refractivity contribution in [1.82, 2.24) is 0 Å². The maximum atomic E-state index is 13.1. The molecule has 3 aromatic rings. The summed E-state index contributed by atoms with van der Waals surface area (Å²) >= 11 is 0. The summed E-state index contributed by atoms with van der Waals surface area (Å²) < 4.78 is 44.2. The predicted octanol–water partition coefficient (Wildman–Crippen LogP) is 29.6. The summed E-state index contributed by atoms with van der Waals surface area (Å²) in [5.74, 6) is 0.266. The number of phenols is 3. The Hall–Kier alpha value is -2.64. The highest BCUT2D eigenvalue weighted by Gasteiger charge is 2.84. The van der Waals surface area contributed by atoms with E-state index in [9.17, 15) is 15.3 Å². The van der Waals surface area contributed by atoms with Crippen LogP contribution in [0.4, 0.5) is 0 Å². The fourth-order valence-corrected chi connectivity index (χ4v) is 21.7. The molecule has 3 saturated heterocycles. The van der Waals surface area contributed by atoms with E-state index in [1.165, 1.54) is 217 Å². The van der Waals surface area contributed by atoms with Crippen LogP contribution in [0.1, 0.15) is 441 Å². The Kier molecular flexibility index (Phi) is 34.6. The van der Waals surface area contributed by atoms with Crippen LogP contribution in [0, 0.1) is 26.2 Å². The summed E-state index contributed by atoms with van der Waals surface area (Å²) in [5, 5.41) is 38.1. The first-order chi connectivity index (χ1) is 48.0. The number of phenolic OH excluding ortho intramolecular Hbond substituents is 3. The average molecular weight is 1430 g/mol. The summed E-state index contributed by atoms with van der Waals surface area (Å²) in [4.78, 5) is 0. The molecule has 0 radical (unpaired) electrons. The molecule has 3 aromatic carbocycles. The van der Waals surface area contributed by atoms with Gasteiger partial charge in [-0.2, -0.15) is 0 Å². The van der Waals surface area contributed by atoms with Crippen LogP contribution in [0.2, 0.25) is 0 Å². The SMILES string of the molecule is CCCCCCCCCCCCCC(c1ccc(O)c(C)c1C(C)(C)C)(c1c2c3c(O)c(C)c1C(C)(C)COP(O3)O2)C(CCCCCCCCCCCCC)(CCCCCCCCCCCCC)C(CCCCCCCCCCCCC)(c1ccc(O)c(C)c1C(C)(C)C)C12OP(O1)O2. The quantitative estimate of drug-likeness (QED) is 0.0375. The van der Waals surface area contributed by atoms with E-state index in [-0.39, 0.29) is 5.75 Å². The zero-order chi connectivity index (χ0) is 72.5. The Bertz CT molecular complexity index is 2840. The maximum absolute atomic E-state index is 13.1. The van der Waals surface area contributed by atoms with Crippen LogP contribution in [-0.4, -0.2) is 27.9 Å². The van der Waals surface area contributed by atoms with Gasteiger partial charge in [0.15, 0.2) is 11.5 Å². The molecule has 0 spiro atoms. The largest absolute Gasteiger partial charge is 0.508 e. The fraction of sp³-hybridized carbons (Fsp3) is 0.798. The molecule has 570 valence electrons. The maximum Gasteiger partial charge on any atom is 0.463 e. The normalized spacial score (nSPS) is 19.0. The molecule has 3 unspecified atom stereocenters. The van der Waals surface area contributed by atoms with Crippen LogP contribution in [0.25, 0.3) is 0 Å². The summed E-state index contributed by atoms with van der Waals surface area (Å²) in [7, 11) is -3.52. The van der Waals surface area contributed by atoms with Gasteiger partial charge in [0, 0.05) is 21.8 Å². The van der Waals surface area contributed by atoms with Crippen molar-refractivity contribution in [2.75, 3.05) is 6.61 Å². The van der Waals surface area contributed by atoms with Gasteiger partial charge in [0.1, 0.15) is 11.5 Å². The van der Waals surface area contributed by atoms with E-state index in [1.807, 2.05) is 12.1 Å². The molecule has 3 fully saturated rings. The topological polar surface area (TPSA) is 116 Å². The molecule has 5 aliphatic heterocycles. The lowest BCUT2D eigenvalue weighted by Crippen LogP contribution is -2.76. The van der Waals surface area contributed by atoms with E-state index >= 15 is 0 Å². The second kappa shape index (κ2) is 40.9. The number of unbranched alkanes of at least 4 members (excludes halogenated alkanes) is 40. The molecule has 100 heavy (non-hydrogen) atoms. The fourth-order valence-electron chi connectivity index (χ4n) is 19.3. The van der Waals surface area contributed by atoms with Gasteiger partial charge in [0.2, 0.25) is 5.75 Å². The summed E-state index contributed by atoms with van der Waals surface area (Å²) in [5.41, 5.74) is 5.00. The van der Waals surface area contributed by atoms with Crippen LogP contribution in [0.5, 0.6) is 28.7 Å². The van der Waals surface area contributed by atoms with Crippen LogP contribution in [-0.2, 0) is 45.2 Å². The molecule has 0 amide bonds. The first kappa shape index (κ1) is 84.6. The van der Waals surface area contributed by atoms with Gasteiger partial charge >= 0.3 is 23.2 Å². The van der Waals surface area contributed by atoms with Gasteiger partial charge in [-0.25, -0.2) is 0 Å². The molecule has 5 bridgehead atoms. The van der Waals surface area contributed by atoms with Crippen LogP contribution in [0.15, 0.2) is 24.3 Å². The lowest BCUT2D eigenvalue weighted by Gasteiger charge is -2.73. The molecule has 8 rings (SSSR count). The second-order valence-electron chi connectivity index (χ2n) is 34.8. The van der Waals surface area contributed by atoms with Crippen molar-refractivity contribution in [2.24, 2.45) is 5.41 Å². The van der Waals surface area contributed by atoms with Gasteiger partial charge in [0.25, 0.3) is 0 Å². The van der Waals surface area contributed by atoms with Crippen LogP contribution < -0.4 is 9.05 Å². The predicted molar refractivity (Wildman–Crippen MR) is 425 cm³/mol. The Morgan fingerprint density at radius 3 is 1.04 bits per heavy atom. The molecule has 5 heterocycles. The molecular formula is C89H150O9P2. The summed E-state index contributed by atoms with van der Waals surface area (Å²) in [6.07, 6.45) is 57.0. The van der Waals surface area contributed by atoms with Crippen molar-refractivity contribution in [1.29, 1.82) is 0 Å². The zero-order valence-corrected chi connectivity index (χ0v) is 68.9. The summed E-state index contributed by atoms with van der Waals surface area (Å²) in [6.45, 7) is 34.9. The average Bonchev–Trinajstić information content (AvgIpc) is 0.703. The standard InChI is InChI=1S/C89H150O9P2/c1-16-20-24-28-32-36-40-44-48-52-56-64-86(65-57-53-49-45-41-37-33-29-25-21-17-2,88(89-96-100(97-89)98-89,67-59-55-51-47-43-39-35-31-27-23-19-4)73-61-63-75(91)70(6)77(73)84(11,12)13)87(66-58-54-50-46-42-38-34-30-26-22-18-3,72-60-62-74(90)69(5)76(72)83(8,9)10)79-78-71(7)80(92)82-81(79)94-99(95-82)93-68-85(78,14)15/h60-63,90-92H,16-59,64-68H2,1-15H3. The molecule has 5 aliphatic rings. The Morgan fingerprint density at radius 1 is 0.370 bits per heavy atom. The van der Waals surface area contributed by atoms with E-state index in [0.29, 0.717) is 29.6 Å². The van der Waals surface area contributed by atoms with Crippen molar-refractivity contribution in [2.45, 2.75) is 445 Å². The molecular weight excluding hydrogens is 1270 g/mol.